The summed E-state index contributed by atoms with van der Waals surface area (Å²) in [5.74, 6) is 0. The second kappa shape index (κ2) is 7.43. The lowest BCUT2D eigenvalue weighted by molar-refractivity contribution is 0.596. The summed E-state index contributed by atoms with van der Waals surface area (Å²) in [5.41, 5.74) is 3.82. The molecule has 0 aromatic heterocycles. The van der Waals surface area contributed by atoms with Crippen LogP contribution < -0.4 is 5.32 Å². The fourth-order valence-electron chi connectivity index (χ4n) is 2.28. The van der Waals surface area contributed by atoms with Crippen LogP contribution >= 0.6 is 34.2 Å². The third kappa shape index (κ3) is 3.96. The zero-order valence-electron chi connectivity index (χ0n) is 11.8. The molecule has 1 N–H and O–H groups in total. The molecule has 0 fully saturated rings. The van der Waals surface area contributed by atoms with Gasteiger partial charge in [0.25, 0.3) is 0 Å². The number of rotatable bonds is 5. The summed E-state index contributed by atoms with van der Waals surface area (Å²) in [4.78, 5) is 0. The standard InChI is InChI=1S/C17H19ClIN/c1-3-9-20-17(13-6-4-5-12(2)10-13)15-11-14(18)7-8-16(15)19/h4-8,10-11,17,20H,3,9H2,1-2H3. The van der Waals surface area contributed by atoms with Crippen LogP contribution in [0.4, 0.5) is 0 Å². The molecule has 0 aliphatic carbocycles. The molecule has 0 bridgehead atoms. The predicted octanol–water partition coefficient (Wildman–Crippen LogP) is 5.34. The van der Waals surface area contributed by atoms with E-state index in [-0.39, 0.29) is 6.04 Å². The van der Waals surface area contributed by atoms with Gasteiger partial charge < -0.3 is 5.32 Å². The molecule has 0 aliphatic rings. The number of benzene rings is 2. The Bertz CT molecular complexity index is 583. The molecule has 2 aromatic carbocycles. The predicted molar refractivity (Wildman–Crippen MR) is 95.5 cm³/mol. The Labute approximate surface area is 139 Å². The molecule has 0 heterocycles. The van der Waals surface area contributed by atoms with Crippen LogP contribution in [0.5, 0.6) is 0 Å². The van der Waals surface area contributed by atoms with E-state index in [1.165, 1.54) is 20.3 Å². The van der Waals surface area contributed by atoms with Crippen molar-refractivity contribution in [2.24, 2.45) is 0 Å². The van der Waals surface area contributed by atoms with E-state index in [1.54, 1.807) is 0 Å². The highest BCUT2D eigenvalue weighted by molar-refractivity contribution is 14.1. The molecule has 0 radical (unpaired) electrons. The van der Waals surface area contributed by atoms with Gasteiger partial charge in [0.2, 0.25) is 0 Å². The minimum atomic E-state index is 0.195. The average molecular weight is 400 g/mol. The Morgan fingerprint density at radius 2 is 2.00 bits per heavy atom. The molecular weight excluding hydrogens is 381 g/mol. The second-order valence-corrected chi connectivity index (χ2v) is 6.57. The molecular formula is C17H19ClIN. The van der Waals surface area contributed by atoms with Crippen molar-refractivity contribution in [2.75, 3.05) is 6.54 Å². The summed E-state index contributed by atoms with van der Waals surface area (Å²) in [6.07, 6.45) is 1.11. The molecule has 0 aliphatic heterocycles. The average Bonchev–Trinajstić information content (AvgIpc) is 2.43. The van der Waals surface area contributed by atoms with Gasteiger partial charge in [-0.25, -0.2) is 0 Å². The Morgan fingerprint density at radius 3 is 2.70 bits per heavy atom. The van der Waals surface area contributed by atoms with Gasteiger partial charge in [0.1, 0.15) is 0 Å². The lowest BCUT2D eigenvalue weighted by Crippen LogP contribution is -2.24. The van der Waals surface area contributed by atoms with Crippen LogP contribution in [0.1, 0.15) is 36.1 Å². The van der Waals surface area contributed by atoms with Gasteiger partial charge in [0, 0.05) is 8.59 Å². The quantitative estimate of drug-likeness (QED) is 0.669. The summed E-state index contributed by atoms with van der Waals surface area (Å²) in [7, 11) is 0. The van der Waals surface area contributed by atoms with Crippen LogP contribution in [0.2, 0.25) is 5.02 Å². The number of halogens is 2. The smallest absolute Gasteiger partial charge is 0.0587 e. The lowest BCUT2D eigenvalue weighted by atomic mass is 9.97. The lowest BCUT2D eigenvalue weighted by Gasteiger charge is -2.21. The molecule has 1 nitrogen and oxygen atoms in total. The summed E-state index contributed by atoms with van der Waals surface area (Å²) in [5, 5.41) is 4.42. The second-order valence-electron chi connectivity index (χ2n) is 4.97. The molecule has 2 aromatic rings. The van der Waals surface area contributed by atoms with Crippen molar-refractivity contribution in [3.63, 3.8) is 0 Å². The summed E-state index contributed by atoms with van der Waals surface area (Å²) in [6.45, 7) is 5.30. The van der Waals surface area contributed by atoms with Gasteiger partial charge in [0.05, 0.1) is 6.04 Å². The van der Waals surface area contributed by atoms with Crippen LogP contribution in [0, 0.1) is 10.5 Å². The zero-order chi connectivity index (χ0) is 14.5. The van der Waals surface area contributed by atoms with Crippen molar-refractivity contribution in [2.45, 2.75) is 26.3 Å². The van der Waals surface area contributed by atoms with E-state index in [2.05, 4.69) is 78.2 Å². The number of nitrogens with one attached hydrogen (secondary N) is 1. The first-order chi connectivity index (χ1) is 9.61. The first kappa shape index (κ1) is 15.8. The van der Waals surface area contributed by atoms with Crippen LogP contribution in [-0.4, -0.2) is 6.54 Å². The van der Waals surface area contributed by atoms with Crippen molar-refractivity contribution in [1.29, 1.82) is 0 Å². The summed E-state index contributed by atoms with van der Waals surface area (Å²) >= 11 is 8.56. The molecule has 106 valence electrons. The normalized spacial score (nSPS) is 12.4. The Balaban J connectivity index is 2.44. The van der Waals surface area contributed by atoms with Gasteiger partial charge in [-0.05, 0) is 71.8 Å². The maximum atomic E-state index is 6.18. The highest BCUT2D eigenvalue weighted by Crippen LogP contribution is 2.29. The van der Waals surface area contributed by atoms with E-state index in [9.17, 15) is 0 Å². The van der Waals surface area contributed by atoms with Gasteiger partial charge >= 0.3 is 0 Å². The topological polar surface area (TPSA) is 12.0 Å². The van der Waals surface area contributed by atoms with Crippen molar-refractivity contribution < 1.29 is 0 Å². The first-order valence-corrected chi connectivity index (χ1v) is 8.32. The van der Waals surface area contributed by atoms with E-state index in [0.717, 1.165) is 18.0 Å². The van der Waals surface area contributed by atoms with E-state index in [4.69, 9.17) is 11.6 Å². The van der Waals surface area contributed by atoms with E-state index >= 15 is 0 Å². The fraction of sp³-hybridized carbons (Fsp3) is 0.294. The summed E-state index contributed by atoms with van der Waals surface area (Å²) in [6, 6.07) is 14.9. The van der Waals surface area contributed by atoms with Gasteiger partial charge in [-0.3, -0.25) is 0 Å². The molecule has 2 rings (SSSR count). The number of hydrogen-bond acceptors (Lipinski definition) is 1. The maximum absolute atomic E-state index is 6.18. The van der Waals surface area contributed by atoms with Crippen molar-refractivity contribution in [3.05, 3.63) is 67.7 Å². The van der Waals surface area contributed by atoms with Gasteiger partial charge in [0.15, 0.2) is 0 Å². The molecule has 0 saturated heterocycles. The third-order valence-corrected chi connectivity index (χ3v) is 4.46. The minimum absolute atomic E-state index is 0.195. The van der Waals surface area contributed by atoms with Crippen molar-refractivity contribution in [1.82, 2.24) is 5.32 Å². The molecule has 1 atom stereocenters. The fourth-order valence-corrected chi connectivity index (χ4v) is 3.11. The number of hydrogen-bond donors (Lipinski definition) is 1. The minimum Gasteiger partial charge on any atom is -0.306 e. The van der Waals surface area contributed by atoms with Crippen LogP contribution in [0.15, 0.2) is 42.5 Å². The molecule has 0 amide bonds. The van der Waals surface area contributed by atoms with Crippen molar-refractivity contribution in [3.8, 4) is 0 Å². The van der Waals surface area contributed by atoms with Gasteiger partial charge in [-0.1, -0.05) is 48.4 Å². The van der Waals surface area contributed by atoms with E-state index in [0.29, 0.717) is 0 Å². The summed E-state index contributed by atoms with van der Waals surface area (Å²) < 4.78 is 1.24. The Kier molecular flexibility index (Phi) is 5.87. The SMILES string of the molecule is CCCNC(c1cccc(C)c1)c1cc(Cl)ccc1I. The first-order valence-electron chi connectivity index (χ1n) is 6.86. The van der Waals surface area contributed by atoms with Crippen molar-refractivity contribution >= 4 is 34.2 Å². The molecule has 3 heteroatoms. The molecule has 20 heavy (non-hydrogen) atoms. The van der Waals surface area contributed by atoms with Crippen LogP contribution in [-0.2, 0) is 0 Å². The third-order valence-electron chi connectivity index (χ3n) is 3.24. The van der Waals surface area contributed by atoms with Gasteiger partial charge in [-0.2, -0.15) is 0 Å². The molecule has 0 saturated carbocycles. The number of aryl methyl sites for hydroxylation is 1. The maximum Gasteiger partial charge on any atom is 0.0587 e. The van der Waals surface area contributed by atoms with E-state index < -0.39 is 0 Å². The zero-order valence-corrected chi connectivity index (χ0v) is 14.7. The Hall–Kier alpha value is -0.580. The van der Waals surface area contributed by atoms with E-state index in [1.807, 2.05) is 6.07 Å². The Morgan fingerprint density at radius 1 is 1.20 bits per heavy atom. The van der Waals surface area contributed by atoms with Crippen LogP contribution in [0.3, 0.4) is 0 Å². The highest BCUT2D eigenvalue weighted by atomic mass is 127. The molecule has 1 unspecified atom stereocenters. The monoisotopic (exact) mass is 399 g/mol. The highest BCUT2D eigenvalue weighted by Gasteiger charge is 2.16. The largest absolute Gasteiger partial charge is 0.306 e. The van der Waals surface area contributed by atoms with Crippen LogP contribution in [0.25, 0.3) is 0 Å². The van der Waals surface area contributed by atoms with Gasteiger partial charge in [-0.15, -0.1) is 0 Å². The molecule has 0 spiro atoms.